The molecule has 0 spiro atoms. The SMILES string of the molecule is Cc1cc(=O)[nH]c(SCC(=O)Nc2ccc(C(=O)[O-])cc2)n1. The molecule has 8 heteroatoms. The number of aromatic amines is 1. The molecule has 2 rings (SSSR count). The molecule has 0 radical (unpaired) electrons. The number of H-pyrrole nitrogens is 1. The van der Waals surface area contributed by atoms with Gasteiger partial charge in [-0.25, -0.2) is 4.98 Å². The van der Waals surface area contributed by atoms with Crippen LogP contribution in [0, 0.1) is 6.92 Å². The van der Waals surface area contributed by atoms with Crippen molar-refractivity contribution in [3.63, 3.8) is 0 Å². The number of anilines is 1. The van der Waals surface area contributed by atoms with Crippen molar-refractivity contribution in [3.8, 4) is 0 Å². The molecule has 22 heavy (non-hydrogen) atoms. The smallest absolute Gasteiger partial charge is 0.251 e. The van der Waals surface area contributed by atoms with E-state index in [0.717, 1.165) is 11.8 Å². The highest BCUT2D eigenvalue weighted by Crippen LogP contribution is 2.13. The summed E-state index contributed by atoms with van der Waals surface area (Å²) in [5.74, 6) is -1.51. The number of benzene rings is 1. The molecule has 0 fully saturated rings. The van der Waals surface area contributed by atoms with E-state index in [1.165, 1.54) is 30.3 Å². The summed E-state index contributed by atoms with van der Waals surface area (Å²) in [6, 6.07) is 7.00. The maximum atomic E-state index is 11.8. The zero-order valence-electron chi connectivity index (χ0n) is 11.6. The number of carbonyl (C=O) groups excluding carboxylic acids is 2. The predicted molar refractivity (Wildman–Crippen MR) is 79.7 cm³/mol. The molecule has 0 bridgehead atoms. The number of nitrogens with one attached hydrogen (secondary N) is 2. The number of aromatic nitrogens is 2. The number of hydrogen-bond donors (Lipinski definition) is 2. The van der Waals surface area contributed by atoms with Crippen molar-refractivity contribution in [2.24, 2.45) is 0 Å². The van der Waals surface area contributed by atoms with Gasteiger partial charge in [0.25, 0.3) is 5.56 Å². The van der Waals surface area contributed by atoms with Gasteiger partial charge in [-0.05, 0) is 24.6 Å². The Bertz CT molecular complexity index is 755. The van der Waals surface area contributed by atoms with E-state index in [1.54, 1.807) is 6.92 Å². The van der Waals surface area contributed by atoms with E-state index >= 15 is 0 Å². The number of hydrogen-bond acceptors (Lipinski definition) is 6. The van der Waals surface area contributed by atoms with Gasteiger partial charge in [-0.15, -0.1) is 0 Å². The third-order valence-corrected chi connectivity index (χ3v) is 3.47. The molecule has 2 N–H and O–H groups in total. The van der Waals surface area contributed by atoms with Crippen molar-refractivity contribution < 1.29 is 14.7 Å². The highest BCUT2D eigenvalue weighted by Gasteiger charge is 2.06. The van der Waals surface area contributed by atoms with Gasteiger partial charge in [-0.1, -0.05) is 23.9 Å². The number of carbonyl (C=O) groups is 2. The lowest BCUT2D eigenvalue weighted by Gasteiger charge is -2.07. The van der Waals surface area contributed by atoms with Crippen LogP contribution in [0.15, 0.2) is 40.3 Å². The van der Waals surface area contributed by atoms with Gasteiger partial charge < -0.3 is 20.2 Å². The standard InChI is InChI=1S/C14H13N3O4S/c1-8-6-11(18)17-14(15-8)22-7-12(19)16-10-4-2-9(3-5-10)13(20)21/h2-6H,7H2,1H3,(H,16,19)(H,20,21)(H,15,17,18)/p-1. The molecule has 0 aliphatic carbocycles. The Kier molecular flexibility index (Phi) is 4.95. The monoisotopic (exact) mass is 318 g/mol. The van der Waals surface area contributed by atoms with Gasteiger partial charge in [0.15, 0.2) is 5.16 Å². The fourth-order valence-corrected chi connectivity index (χ4v) is 2.36. The molecule has 7 nitrogen and oxygen atoms in total. The quantitative estimate of drug-likeness (QED) is 0.600. The largest absolute Gasteiger partial charge is 0.545 e. The molecule has 2 aromatic rings. The van der Waals surface area contributed by atoms with Crippen LogP contribution in [-0.4, -0.2) is 27.6 Å². The number of amides is 1. The predicted octanol–water partition coefficient (Wildman–Crippen LogP) is 0.173. The van der Waals surface area contributed by atoms with Crippen LogP contribution in [0.4, 0.5) is 5.69 Å². The van der Waals surface area contributed by atoms with Crippen molar-refractivity contribution in [3.05, 3.63) is 51.9 Å². The maximum absolute atomic E-state index is 11.8. The highest BCUT2D eigenvalue weighted by atomic mass is 32.2. The molecule has 1 aromatic carbocycles. The molecule has 0 aliphatic heterocycles. The van der Waals surface area contributed by atoms with Crippen LogP contribution >= 0.6 is 11.8 Å². The first-order valence-corrected chi connectivity index (χ1v) is 7.24. The molecule has 0 saturated carbocycles. The van der Waals surface area contributed by atoms with E-state index in [9.17, 15) is 19.5 Å². The van der Waals surface area contributed by atoms with E-state index < -0.39 is 5.97 Å². The number of aromatic carboxylic acids is 1. The lowest BCUT2D eigenvalue weighted by Crippen LogP contribution is -2.22. The molecule has 0 saturated heterocycles. The second kappa shape index (κ2) is 6.90. The maximum Gasteiger partial charge on any atom is 0.251 e. The summed E-state index contributed by atoms with van der Waals surface area (Å²) in [5, 5.41) is 13.6. The van der Waals surface area contributed by atoms with Crippen LogP contribution in [0.2, 0.25) is 0 Å². The van der Waals surface area contributed by atoms with Gasteiger partial charge in [0.2, 0.25) is 5.91 Å². The zero-order valence-corrected chi connectivity index (χ0v) is 12.4. The van der Waals surface area contributed by atoms with Crippen molar-refractivity contribution in [2.75, 3.05) is 11.1 Å². The topological polar surface area (TPSA) is 115 Å². The number of rotatable bonds is 5. The van der Waals surface area contributed by atoms with Crippen LogP contribution < -0.4 is 16.0 Å². The van der Waals surface area contributed by atoms with Crippen LogP contribution in [0.5, 0.6) is 0 Å². The van der Waals surface area contributed by atoms with E-state index in [0.29, 0.717) is 16.5 Å². The normalized spacial score (nSPS) is 10.2. The third kappa shape index (κ3) is 4.45. The van der Waals surface area contributed by atoms with Gasteiger partial charge in [0, 0.05) is 17.4 Å². The summed E-state index contributed by atoms with van der Waals surface area (Å²) in [4.78, 5) is 40.3. The molecule has 0 atom stereocenters. The molecule has 1 aromatic heterocycles. The fourth-order valence-electron chi connectivity index (χ4n) is 1.64. The number of nitrogens with zero attached hydrogens (tertiary/aromatic N) is 1. The van der Waals surface area contributed by atoms with Crippen LogP contribution in [0.25, 0.3) is 0 Å². The van der Waals surface area contributed by atoms with E-state index in [-0.39, 0.29) is 22.8 Å². The lowest BCUT2D eigenvalue weighted by atomic mass is 10.2. The van der Waals surface area contributed by atoms with Gasteiger partial charge in [-0.3, -0.25) is 9.59 Å². The number of aryl methyl sites for hydroxylation is 1. The Labute approximate surface area is 129 Å². The van der Waals surface area contributed by atoms with Crippen molar-refractivity contribution >= 4 is 29.3 Å². The molecular formula is C14H12N3O4S-. The van der Waals surface area contributed by atoms with Crippen molar-refractivity contribution in [1.29, 1.82) is 0 Å². The molecule has 0 aliphatic rings. The number of thioether (sulfide) groups is 1. The first-order valence-electron chi connectivity index (χ1n) is 6.26. The first kappa shape index (κ1) is 15.8. The minimum absolute atomic E-state index is 0.0360. The van der Waals surface area contributed by atoms with Gasteiger partial charge in [-0.2, -0.15) is 0 Å². The van der Waals surface area contributed by atoms with Crippen LogP contribution in [-0.2, 0) is 4.79 Å². The Morgan fingerprint density at radius 3 is 2.59 bits per heavy atom. The van der Waals surface area contributed by atoms with Gasteiger partial charge in [0.05, 0.1) is 11.7 Å². The van der Waals surface area contributed by atoms with E-state index in [4.69, 9.17) is 0 Å². The molecule has 1 amide bonds. The van der Waals surface area contributed by atoms with E-state index in [1.807, 2.05) is 0 Å². The van der Waals surface area contributed by atoms with Crippen LogP contribution in [0.3, 0.4) is 0 Å². The van der Waals surface area contributed by atoms with Crippen LogP contribution in [0.1, 0.15) is 16.1 Å². The Morgan fingerprint density at radius 2 is 2.00 bits per heavy atom. The third-order valence-electron chi connectivity index (χ3n) is 2.59. The van der Waals surface area contributed by atoms with E-state index in [2.05, 4.69) is 15.3 Å². The highest BCUT2D eigenvalue weighted by molar-refractivity contribution is 7.99. The molecular weight excluding hydrogens is 306 g/mol. The summed E-state index contributed by atoms with van der Waals surface area (Å²) in [6.07, 6.45) is 0. The molecule has 114 valence electrons. The molecule has 1 heterocycles. The Balaban J connectivity index is 1.92. The average Bonchev–Trinajstić information content (AvgIpc) is 2.45. The summed E-state index contributed by atoms with van der Waals surface area (Å²) < 4.78 is 0. The minimum atomic E-state index is -1.28. The Morgan fingerprint density at radius 1 is 1.32 bits per heavy atom. The second-order valence-electron chi connectivity index (χ2n) is 4.39. The number of carboxylic acids is 1. The summed E-state index contributed by atoms with van der Waals surface area (Å²) in [6.45, 7) is 1.69. The molecule has 0 unspecified atom stereocenters. The average molecular weight is 318 g/mol. The lowest BCUT2D eigenvalue weighted by molar-refractivity contribution is -0.255. The van der Waals surface area contributed by atoms with Gasteiger partial charge >= 0.3 is 0 Å². The summed E-state index contributed by atoms with van der Waals surface area (Å²) in [5.41, 5.74) is 0.813. The summed E-state index contributed by atoms with van der Waals surface area (Å²) in [7, 11) is 0. The fraction of sp³-hybridized carbons (Fsp3) is 0.143. The summed E-state index contributed by atoms with van der Waals surface area (Å²) >= 11 is 1.10. The first-order chi connectivity index (χ1) is 10.4. The van der Waals surface area contributed by atoms with Gasteiger partial charge in [0.1, 0.15) is 0 Å². The Hall–Kier alpha value is -2.61. The van der Waals surface area contributed by atoms with Crippen molar-refractivity contribution in [2.45, 2.75) is 12.1 Å². The minimum Gasteiger partial charge on any atom is -0.545 e. The zero-order chi connectivity index (χ0) is 16.1. The second-order valence-corrected chi connectivity index (χ2v) is 5.36. The van der Waals surface area contributed by atoms with Crippen molar-refractivity contribution in [1.82, 2.24) is 9.97 Å². The number of carboxylic acid groups (broad SMARTS) is 1.